The number of hydrogen-bond donors (Lipinski definition) is 2. The number of Topliss-reactive ketones (excluding diaryl/α,β-unsaturated/α-hetero) is 1. The van der Waals surface area contributed by atoms with Crippen LogP contribution in [0.3, 0.4) is 0 Å². The summed E-state index contributed by atoms with van der Waals surface area (Å²) >= 11 is 0. The van der Waals surface area contributed by atoms with Gasteiger partial charge in [0, 0.05) is 74.4 Å². The molecule has 0 radical (unpaired) electrons. The monoisotopic (exact) mass is 599 g/mol. The van der Waals surface area contributed by atoms with Gasteiger partial charge in [-0.25, -0.2) is 4.79 Å². The second kappa shape index (κ2) is 12.1. The number of ketones is 1. The van der Waals surface area contributed by atoms with Gasteiger partial charge in [-0.05, 0) is 49.5 Å². The number of piperazine rings is 1. The fourth-order valence-electron chi connectivity index (χ4n) is 5.57. The Morgan fingerprint density at radius 1 is 1.11 bits per heavy atom. The highest BCUT2D eigenvalue weighted by molar-refractivity contribution is 6.16. The molecule has 1 fully saturated rings. The van der Waals surface area contributed by atoms with E-state index < -0.39 is 0 Å². The number of amides is 2. The number of urea groups is 1. The summed E-state index contributed by atoms with van der Waals surface area (Å²) in [6, 6.07) is 10.5. The zero-order chi connectivity index (χ0) is 31.0. The molecule has 0 bridgehead atoms. The third-order valence-electron chi connectivity index (χ3n) is 8.13. The SMILES string of the molecule is CNC(=O)Nc1ccc2c(c1)C(=O)/C(=C/c1c(-c3nc(C(C)C)no3)n(CCN3CCN(C)CC3)c3ccc(OC)cc13)O2. The lowest BCUT2D eigenvalue weighted by molar-refractivity contribution is 0.101. The number of fused-ring (bicyclic) bond motifs is 2. The minimum Gasteiger partial charge on any atom is -0.497 e. The molecule has 230 valence electrons. The van der Waals surface area contributed by atoms with Crippen LogP contribution in [0.1, 0.15) is 41.5 Å². The van der Waals surface area contributed by atoms with E-state index in [0.29, 0.717) is 46.7 Å². The average Bonchev–Trinajstić information content (AvgIpc) is 3.71. The van der Waals surface area contributed by atoms with E-state index >= 15 is 0 Å². The van der Waals surface area contributed by atoms with Gasteiger partial charge < -0.3 is 34.1 Å². The molecule has 0 unspecified atom stereocenters. The molecule has 2 amide bonds. The number of allylic oxidation sites excluding steroid dienone is 1. The minimum atomic E-state index is -0.379. The van der Waals surface area contributed by atoms with Gasteiger partial charge in [0.2, 0.25) is 5.78 Å². The van der Waals surface area contributed by atoms with Gasteiger partial charge in [-0.3, -0.25) is 9.69 Å². The molecule has 0 atom stereocenters. The summed E-state index contributed by atoms with van der Waals surface area (Å²) in [6.45, 7) is 9.57. The van der Waals surface area contributed by atoms with Gasteiger partial charge in [0.1, 0.15) is 17.2 Å². The van der Waals surface area contributed by atoms with Crippen molar-refractivity contribution in [1.82, 2.24) is 29.8 Å². The van der Waals surface area contributed by atoms with Crippen molar-refractivity contribution in [2.45, 2.75) is 26.3 Å². The second-order valence-electron chi connectivity index (χ2n) is 11.4. The van der Waals surface area contributed by atoms with Crippen LogP contribution in [0.2, 0.25) is 0 Å². The van der Waals surface area contributed by atoms with E-state index in [2.05, 4.69) is 37.2 Å². The first-order valence-electron chi connectivity index (χ1n) is 14.8. The van der Waals surface area contributed by atoms with Crippen LogP contribution in [0.5, 0.6) is 11.5 Å². The molecule has 4 heterocycles. The van der Waals surface area contributed by atoms with Crippen LogP contribution in [-0.4, -0.2) is 90.3 Å². The van der Waals surface area contributed by atoms with Crippen molar-refractivity contribution in [3.8, 4) is 23.1 Å². The van der Waals surface area contributed by atoms with Gasteiger partial charge in [0.15, 0.2) is 11.6 Å². The summed E-state index contributed by atoms with van der Waals surface area (Å²) in [5.74, 6) is 2.01. The molecule has 0 spiro atoms. The average molecular weight is 600 g/mol. The Morgan fingerprint density at radius 2 is 1.91 bits per heavy atom. The molecular formula is C32H37N7O5. The number of nitrogens with one attached hydrogen (secondary N) is 2. The summed E-state index contributed by atoms with van der Waals surface area (Å²) in [5, 5.41) is 10.3. The third-order valence-corrected chi connectivity index (χ3v) is 8.13. The maximum atomic E-state index is 13.7. The van der Waals surface area contributed by atoms with E-state index in [1.807, 2.05) is 32.0 Å². The minimum absolute atomic E-state index is 0.0735. The van der Waals surface area contributed by atoms with E-state index in [4.69, 9.17) is 19.0 Å². The summed E-state index contributed by atoms with van der Waals surface area (Å²) in [5.41, 5.74) is 3.23. The number of methoxy groups -OCH3 is 1. The first-order valence-corrected chi connectivity index (χ1v) is 14.8. The molecular weight excluding hydrogens is 562 g/mol. The molecule has 2 N–H and O–H groups in total. The van der Waals surface area contributed by atoms with Crippen LogP contribution in [0.25, 0.3) is 28.6 Å². The topological polar surface area (TPSA) is 127 Å². The van der Waals surface area contributed by atoms with Crippen LogP contribution in [0, 0.1) is 0 Å². The van der Waals surface area contributed by atoms with Gasteiger partial charge in [0.05, 0.1) is 12.7 Å². The molecule has 0 saturated carbocycles. The van der Waals surface area contributed by atoms with Crippen molar-refractivity contribution >= 4 is 34.5 Å². The first kappa shape index (κ1) is 29.4. The Hall–Kier alpha value is -4.68. The van der Waals surface area contributed by atoms with Gasteiger partial charge in [-0.15, -0.1) is 0 Å². The second-order valence-corrected chi connectivity index (χ2v) is 11.4. The maximum Gasteiger partial charge on any atom is 0.318 e. The van der Waals surface area contributed by atoms with Crippen molar-refractivity contribution in [1.29, 1.82) is 0 Å². The molecule has 4 aromatic rings. The highest BCUT2D eigenvalue weighted by atomic mass is 16.5. The van der Waals surface area contributed by atoms with Crippen LogP contribution in [0.4, 0.5) is 10.5 Å². The molecule has 12 nitrogen and oxygen atoms in total. The van der Waals surface area contributed by atoms with E-state index in [9.17, 15) is 9.59 Å². The van der Waals surface area contributed by atoms with Crippen molar-refractivity contribution in [3.63, 3.8) is 0 Å². The fourth-order valence-corrected chi connectivity index (χ4v) is 5.57. The Balaban J connectivity index is 1.47. The predicted molar refractivity (Wildman–Crippen MR) is 167 cm³/mol. The van der Waals surface area contributed by atoms with E-state index in [1.165, 1.54) is 7.05 Å². The number of nitrogens with zero attached hydrogens (tertiary/aromatic N) is 5. The Bertz CT molecular complexity index is 1750. The number of benzene rings is 2. The maximum absolute atomic E-state index is 13.7. The van der Waals surface area contributed by atoms with Crippen molar-refractivity contribution in [2.75, 3.05) is 59.2 Å². The first-order chi connectivity index (χ1) is 21.2. The van der Waals surface area contributed by atoms with Crippen molar-refractivity contribution in [3.05, 3.63) is 59.1 Å². The largest absolute Gasteiger partial charge is 0.497 e. The van der Waals surface area contributed by atoms with E-state index in [0.717, 1.165) is 49.2 Å². The third kappa shape index (κ3) is 5.65. The van der Waals surface area contributed by atoms with Crippen LogP contribution >= 0.6 is 0 Å². The Morgan fingerprint density at radius 3 is 2.61 bits per heavy atom. The molecule has 2 aromatic carbocycles. The van der Waals surface area contributed by atoms with E-state index in [-0.39, 0.29) is 23.5 Å². The van der Waals surface area contributed by atoms with Crippen molar-refractivity contribution < 1.29 is 23.6 Å². The number of aromatic nitrogens is 3. The van der Waals surface area contributed by atoms with Gasteiger partial charge in [0.25, 0.3) is 5.89 Å². The predicted octanol–water partition coefficient (Wildman–Crippen LogP) is 4.44. The Labute approximate surface area is 255 Å². The van der Waals surface area contributed by atoms with Crippen LogP contribution < -0.4 is 20.1 Å². The van der Waals surface area contributed by atoms with E-state index in [1.54, 1.807) is 31.4 Å². The summed E-state index contributed by atoms with van der Waals surface area (Å²) in [4.78, 5) is 35.1. The summed E-state index contributed by atoms with van der Waals surface area (Å²) in [6.07, 6.45) is 1.75. The molecule has 6 rings (SSSR count). The number of carbonyl (C=O) groups excluding carboxylic acids is 2. The van der Waals surface area contributed by atoms with Gasteiger partial charge >= 0.3 is 6.03 Å². The summed E-state index contributed by atoms with van der Waals surface area (Å²) < 4.78 is 19.7. The fraction of sp³-hybridized carbons (Fsp3) is 0.375. The molecule has 2 aromatic heterocycles. The van der Waals surface area contributed by atoms with Gasteiger partial charge in [-0.1, -0.05) is 19.0 Å². The Kier molecular flexibility index (Phi) is 8.11. The lowest BCUT2D eigenvalue weighted by Gasteiger charge is -2.32. The molecule has 2 aliphatic heterocycles. The number of likely N-dealkylation sites (N-methyl/N-ethyl adjacent to an activating group) is 1. The molecule has 1 saturated heterocycles. The number of hydrogen-bond acceptors (Lipinski definition) is 9. The highest BCUT2D eigenvalue weighted by Gasteiger charge is 2.31. The molecule has 0 aliphatic carbocycles. The lowest BCUT2D eigenvalue weighted by Crippen LogP contribution is -2.45. The number of anilines is 1. The summed E-state index contributed by atoms with van der Waals surface area (Å²) in [7, 11) is 5.30. The number of rotatable bonds is 8. The highest BCUT2D eigenvalue weighted by Crippen LogP contribution is 2.40. The number of carbonyl (C=O) groups is 2. The normalized spacial score (nSPS) is 16.5. The zero-order valence-corrected chi connectivity index (χ0v) is 25.6. The molecule has 44 heavy (non-hydrogen) atoms. The molecule has 2 aliphatic rings. The van der Waals surface area contributed by atoms with Crippen molar-refractivity contribution in [2.24, 2.45) is 0 Å². The zero-order valence-electron chi connectivity index (χ0n) is 25.6. The van der Waals surface area contributed by atoms with Crippen LogP contribution in [0.15, 0.2) is 46.7 Å². The lowest BCUT2D eigenvalue weighted by atomic mass is 10.1. The quantitative estimate of drug-likeness (QED) is 0.283. The standard InChI is InChI=1S/C32H37N7O5/c1-19(2)30-35-31(44-36-30)28-23(18-27-29(40)24-16-20(34-32(41)33-3)6-9-26(24)43-27)22-17-21(42-5)7-8-25(22)39(28)15-14-38-12-10-37(4)11-13-38/h6-9,16-19H,10-15H2,1-5H3,(H2,33,34,41)/b27-18-. The smallest absolute Gasteiger partial charge is 0.318 e. The van der Waals surface area contributed by atoms with Gasteiger partial charge in [-0.2, -0.15) is 4.98 Å². The number of ether oxygens (including phenoxy) is 2. The van der Waals surface area contributed by atoms with Crippen LogP contribution in [-0.2, 0) is 6.54 Å². The molecule has 12 heteroatoms.